The number of anilines is 2. The number of fused-ring (bicyclic) bond motifs is 1. The molecule has 0 bridgehead atoms. The molecule has 0 unspecified atom stereocenters. The monoisotopic (exact) mass is 441 g/mol. The topological polar surface area (TPSA) is 94.4 Å². The average Bonchev–Trinajstić information content (AvgIpc) is 3.18. The summed E-state index contributed by atoms with van der Waals surface area (Å²) >= 11 is 3.33. The largest absolute Gasteiger partial charge is 0.324 e. The van der Waals surface area contributed by atoms with E-state index in [2.05, 4.69) is 31.6 Å². The summed E-state index contributed by atoms with van der Waals surface area (Å²) in [5.41, 5.74) is 2.13. The smallest absolute Gasteiger partial charge is 0.263 e. The first-order valence-electron chi connectivity index (χ1n) is 8.61. The average molecular weight is 442 g/mol. The lowest BCUT2D eigenvalue weighted by Gasteiger charge is -2.20. The molecule has 8 nitrogen and oxygen atoms in total. The van der Waals surface area contributed by atoms with E-state index >= 15 is 0 Å². The highest BCUT2D eigenvalue weighted by molar-refractivity contribution is 9.10. The second-order valence-corrected chi connectivity index (χ2v) is 7.51. The van der Waals surface area contributed by atoms with Gasteiger partial charge in [-0.25, -0.2) is 4.90 Å². The quantitative estimate of drug-likeness (QED) is 0.737. The number of aryl methyl sites for hydroxylation is 1. The van der Waals surface area contributed by atoms with Crippen LogP contribution >= 0.6 is 15.9 Å². The van der Waals surface area contributed by atoms with Gasteiger partial charge in [-0.15, -0.1) is 0 Å². The molecule has 2 aromatic carbocycles. The molecule has 0 radical (unpaired) electrons. The SMILES string of the molecule is Cc1ccc(N2C(=O)[C@@H]3[C@@H](N=NN3CC(=O)Nc3ccc(Br)cc3)C2=O)cc1. The van der Waals surface area contributed by atoms with Gasteiger partial charge in [0.1, 0.15) is 6.54 Å². The molecule has 0 spiro atoms. The Hall–Kier alpha value is -3.07. The van der Waals surface area contributed by atoms with Gasteiger partial charge in [0.25, 0.3) is 11.8 Å². The fraction of sp³-hybridized carbons (Fsp3) is 0.211. The minimum Gasteiger partial charge on any atom is -0.324 e. The summed E-state index contributed by atoms with van der Waals surface area (Å²) < 4.78 is 0.896. The molecule has 9 heteroatoms. The van der Waals surface area contributed by atoms with Gasteiger partial charge in [0.15, 0.2) is 12.1 Å². The predicted molar refractivity (Wildman–Crippen MR) is 106 cm³/mol. The van der Waals surface area contributed by atoms with Crippen molar-refractivity contribution >= 4 is 45.0 Å². The van der Waals surface area contributed by atoms with Crippen molar-refractivity contribution in [2.45, 2.75) is 19.0 Å². The van der Waals surface area contributed by atoms with Crippen LogP contribution in [-0.4, -0.2) is 41.4 Å². The molecule has 2 aliphatic heterocycles. The van der Waals surface area contributed by atoms with Crippen LogP contribution in [0.15, 0.2) is 63.3 Å². The summed E-state index contributed by atoms with van der Waals surface area (Å²) in [6, 6.07) is 12.4. The number of halogens is 1. The number of nitrogens with one attached hydrogen (secondary N) is 1. The highest BCUT2D eigenvalue weighted by Crippen LogP contribution is 2.31. The molecule has 0 aliphatic carbocycles. The fourth-order valence-electron chi connectivity index (χ4n) is 3.18. The molecular weight excluding hydrogens is 426 g/mol. The van der Waals surface area contributed by atoms with E-state index in [-0.39, 0.29) is 12.5 Å². The molecule has 28 heavy (non-hydrogen) atoms. The zero-order valence-electron chi connectivity index (χ0n) is 14.9. The number of hydrogen-bond acceptors (Lipinski definition) is 6. The van der Waals surface area contributed by atoms with Gasteiger partial charge in [-0.3, -0.25) is 19.4 Å². The minimum atomic E-state index is -0.922. The van der Waals surface area contributed by atoms with Crippen molar-refractivity contribution in [1.82, 2.24) is 5.01 Å². The maximum Gasteiger partial charge on any atom is 0.263 e. The van der Waals surface area contributed by atoms with Crippen molar-refractivity contribution in [2.24, 2.45) is 10.3 Å². The van der Waals surface area contributed by atoms with Crippen molar-refractivity contribution in [3.05, 3.63) is 58.6 Å². The lowest BCUT2D eigenvalue weighted by molar-refractivity contribution is -0.123. The molecule has 2 atom stereocenters. The Morgan fingerprint density at radius 2 is 1.75 bits per heavy atom. The minimum absolute atomic E-state index is 0.179. The summed E-state index contributed by atoms with van der Waals surface area (Å²) in [7, 11) is 0. The van der Waals surface area contributed by atoms with E-state index in [0.29, 0.717) is 11.4 Å². The van der Waals surface area contributed by atoms with Crippen LogP contribution in [0, 0.1) is 6.92 Å². The molecule has 0 saturated carbocycles. The highest BCUT2D eigenvalue weighted by Gasteiger charge is 2.55. The third-order valence-electron chi connectivity index (χ3n) is 4.58. The number of rotatable bonds is 4. The van der Waals surface area contributed by atoms with Crippen LogP contribution in [0.3, 0.4) is 0 Å². The number of imide groups is 1. The number of benzene rings is 2. The molecule has 2 heterocycles. The molecule has 1 N–H and O–H groups in total. The van der Waals surface area contributed by atoms with E-state index in [1.165, 1.54) is 5.01 Å². The lowest BCUT2D eigenvalue weighted by Crippen LogP contribution is -2.43. The Kier molecular flexibility index (Phi) is 4.68. The molecule has 1 saturated heterocycles. The first-order valence-corrected chi connectivity index (χ1v) is 9.40. The van der Waals surface area contributed by atoms with E-state index in [9.17, 15) is 14.4 Å². The molecular formula is C19H16BrN5O3. The maximum atomic E-state index is 12.9. The van der Waals surface area contributed by atoms with Crippen molar-refractivity contribution in [2.75, 3.05) is 16.8 Å². The van der Waals surface area contributed by atoms with E-state index in [1.807, 2.05) is 19.1 Å². The van der Waals surface area contributed by atoms with Crippen LogP contribution < -0.4 is 10.2 Å². The van der Waals surface area contributed by atoms with Crippen LogP contribution in [0.25, 0.3) is 0 Å². The fourth-order valence-corrected chi connectivity index (χ4v) is 3.45. The van der Waals surface area contributed by atoms with Crippen molar-refractivity contribution in [3.8, 4) is 0 Å². The van der Waals surface area contributed by atoms with Crippen LogP contribution in [0.2, 0.25) is 0 Å². The third kappa shape index (κ3) is 3.29. The van der Waals surface area contributed by atoms with Crippen molar-refractivity contribution < 1.29 is 14.4 Å². The number of carbonyl (C=O) groups is 3. The van der Waals surface area contributed by atoms with Gasteiger partial charge in [0.05, 0.1) is 5.69 Å². The number of nitrogens with zero attached hydrogens (tertiary/aromatic N) is 4. The van der Waals surface area contributed by atoms with Gasteiger partial charge in [0.2, 0.25) is 5.91 Å². The normalized spacial score (nSPS) is 20.6. The molecule has 142 valence electrons. The summed E-state index contributed by atoms with van der Waals surface area (Å²) in [5.74, 6) is -1.21. The molecule has 3 amide bonds. The Bertz CT molecular complexity index is 974. The summed E-state index contributed by atoms with van der Waals surface area (Å²) in [4.78, 5) is 39.0. The summed E-state index contributed by atoms with van der Waals surface area (Å²) in [6.07, 6.45) is 0. The highest BCUT2D eigenvalue weighted by atomic mass is 79.9. The zero-order chi connectivity index (χ0) is 19.8. The van der Waals surface area contributed by atoms with Gasteiger partial charge in [-0.05, 0) is 43.3 Å². The van der Waals surface area contributed by atoms with Crippen LogP contribution in [-0.2, 0) is 14.4 Å². The van der Waals surface area contributed by atoms with Gasteiger partial charge < -0.3 is 5.32 Å². The lowest BCUT2D eigenvalue weighted by atomic mass is 10.1. The van der Waals surface area contributed by atoms with Gasteiger partial charge in [-0.2, -0.15) is 5.11 Å². The van der Waals surface area contributed by atoms with Crippen molar-refractivity contribution in [3.63, 3.8) is 0 Å². The standard InChI is InChI=1S/C19H16BrN5O3/c1-11-2-8-14(9-3-11)25-18(27)16-17(19(25)28)24(23-22-16)10-15(26)21-13-6-4-12(20)5-7-13/h2-9,16-17H,10H2,1H3,(H,21,26)/t16-,17+/m1/s1. The van der Waals surface area contributed by atoms with E-state index in [1.54, 1.807) is 36.4 Å². The van der Waals surface area contributed by atoms with Gasteiger partial charge in [0, 0.05) is 10.2 Å². The molecule has 2 aromatic rings. The van der Waals surface area contributed by atoms with E-state index < -0.39 is 23.9 Å². The van der Waals surface area contributed by atoms with Gasteiger partial charge in [-0.1, -0.05) is 38.8 Å². The predicted octanol–water partition coefficient (Wildman–Crippen LogP) is 2.69. The molecule has 2 aliphatic rings. The summed E-state index contributed by atoms with van der Waals surface area (Å²) in [5, 5.41) is 11.8. The van der Waals surface area contributed by atoms with Crippen LogP contribution in [0.1, 0.15) is 5.56 Å². The Labute approximate surface area is 169 Å². The number of amides is 3. The molecule has 1 fully saturated rings. The van der Waals surface area contributed by atoms with Crippen molar-refractivity contribution in [1.29, 1.82) is 0 Å². The van der Waals surface area contributed by atoms with E-state index in [0.717, 1.165) is 14.9 Å². The summed E-state index contributed by atoms with van der Waals surface area (Å²) in [6.45, 7) is 1.74. The Morgan fingerprint density at radius 1 is 1.07 bits per heavy atom. The third-order valence-corrected chi connectivity index (χ3v) is 5.11. The van der Waals surface area contributed by atoms with E-state index in [4.69, 9.17) is 0 Å². The maximum absolute atomic E-state index is 12.9. The van der Waals surface area contributed by atoms with Crippen LogP contribution in [0.5, 0.6) is 0 Å². The number of hydrogen-bond donors (Lipinski definition) is 1. The molecule has 0 aromatic heterocycles. The number of carbonyl (C=O) groups excluding carboxylic acids is 3. The first-order chi connectivity index (χ1) is 13.4. The second kappa shape index (κ2) is 7.16. The second-order valence-electron chi connectivity index (χ2n) is 6.59. The van der Waals surface area contributed by atoms with Crippen LogP contribution in [0.4, 0.5) is 11.4 Å². The Balaban J connectivity index is 1.48. The van der Waals surface area contributed by atoms with Gasteiger partial charge >= 0.3 is 0 Å². The Morgan fingerprint density at radius 3 is 2.43 bits per heavy atom. The molecule has 4 rings (SSSR count). The first kappa shape index (κ1) is 18.3. The zero-order valence-corrected chi connectivity index (χ0v) is 16.5.